The molecule has 0 aromatic carbocycles. The Labute approximate surface area is 545 Å². The van der Waals surface area contributed by atoms with Crippen LogP contribution in [0.25, 0.3) is 0 Å². The summed E-state index contributed by atoms with van der Waals surface area (Å²) in [4.78, 5) is 38.1. The van der Waals surface area contributed by atoms with Crippen molar-refractivity contribution in [2.75, 3.05) is 47.5 Å². The van der Waals surface area contributed by atoms with Gasteiger partial charge in [0, 0.05) is 12.8 Å². The van der Waals surface area contributed by atoms with Gasteiger partial charge in [0.25, 0.3) is 7.82 Å². The van der Waals surface area contributed by atoms with Gasteiger partial charge in [0.1, 0.15) is 19.8 Å². The van der Waals surface area contributed by atoms with Crippen LogP contribution in [0, 0.1) is 0 Å². The molecule has 0 saturated heterocycles. The second-order valence-electron chi connectivity index (χ2n) is 26.3. The van der Waals surface area contributed by atoms with Crippen LogP contribution >= 0.6 is 7.82 Å². The maximum atomic E-state index is 12.9. The zero-order valence-corrected chi connectivity index (χ0v) is 59.3. The molecule has 0 aliphatic heterocycles. The van der Waals surface area contributed by atoms with Crippen molar-refractivity contribution >= 4 is 19.8 Å². The minimum absolute atomic E-state index is 0.0338. The quantitative estimate of drug-likeness (QED) is 0.0195. The Morgan fingerprint density at radius 3 is 0.966 bits per heavy atom. The van der Waals surface area contributed by atoms with Crippen molar-refractivity contribution in [3.05, 3.63) is 85.1 Å². The number of phosphoric acid groups is 1. The fourth-order valence-corrected chi connectivity index (χ4v) is 11.5. The predicted molar refractivity (Wildman–Crippen MR) is 379 cm³/mol. The smallest absolute Gasteiger partial charge is 0.306 e. The summed E-state index contributed by atoms with van der Waals surface area (Å²) in [7, 11) is 1.17. The Hall–Kier alpha value is -2.81. The first kappa shape index (κ1) is 85.2. The van der Waals surface area contributed by atoms with Crippen LogP contribution in [-0.4, -0.2) is 70.0 Å². The number of carbonyl (C=O) groups is 2. The van der Waals surface area contributed by atoms with Gasteiger partial charge in [-0.25, -0.2) is 0 Å². The predicted octanol–water partition coefficient (Wildman–Crippen LogP) is 23.9. The maximum absolute atomic E-state index is 12.9. The number of phosphoric ester groups is 1. The van der Waals surface area contributed by atoms with Crippen molar-refractivity contribution in [1.82, 2.24) is 0 Å². The molecule has 0 aliphatic rings. The molecule has 0 aliphatic carbocycles. The van der Waals surface area contributed by atoms with E-state index in [4.69, 9.17) is 18.5 Å². The summed E-state index contributed by atoms with van der Waals surface area (Å²) in [5.74, 6) is -0.829. The lowest BCUT2D eigenvalue weighted by molar-refractivity contribution is -0.870. The van der Waals surface area contributed by atoms with Crippen LogP contribution in [0.1, 0.15) is 348 Å². The third kappa shape index (κ3) is 72.3. The molecular formula is C78H142NO8P. The Balaban J connectivity index is 4.01. The molecule has 0 N–H and O–H groups in total. The highest BCUT2D eigenvalue weighted by Crippen LogP contribution is 2.38. The first-order valence-corrected chi connectivity index (χ1v) is 38.8. The summed E-state index contributed by atoms with van der Waals surface area (Å²) in [5, 5.41) is 0. The number of allylic oxidation sites excluding steroid dienone is 14. The second-order valence-corrected chi connectivity index (χ2v) is 27.7. The summed E-state index contributed by atoms with van der Waals surface area (Å²) < 4.78 is 34.4. The highest BCUT2D eigenvalue weighted by molar-refractivity contribution is 7.45. The monoisotopic (exact) mass is 1250 g/mol. The molecule has 88 heavy (non-hydrogen) atoms. The molecule has 0 radical (unpaired) electrons. The van der Waals surface area contributed by atoms with E-state index >= 15 is 0 Å². The zero-order chi connectivity index (χ0) is 64.1. The zero-order valence-electron chi connectivity index (χ0n) is 58.4. The van der Waals surface area contributed by atoms with E-state index in [0.717, 1.165) is 89.9 Å². The number of hydrogen-bond acceptors (Lipinski definition) is 8. The molecule has 0 saturated carbocycles. The van der Waals surface area contributed by atoms with Crippen molar-refractivity contribution in [1.29, 1.82) is 0 Å². The minimum atomic E-state index is -4.65. The molecule has 2 atom stereocenters. The number of quaternary nitrogens is 1. The number of likely N-dealkylation sites (N-methyl/N-ethyl adjacent to an activating group) is 1. The Morgan fingerprint density at radius 2 is 0.648 bits per heavy atom. The van der Waals surface area contributed by atoms with Crippen LogP contribution in [0.4, 0.5) is 0 Å². The summed E-state index contributed by atoms with van der Waals surface area (Å²) in [6.45, 7) is 4.17. The van der Waals surface area contributed by atoms with E-state index in [9.17, 15) is 19.0 Å². The van der Waals surface area contributed by atoms with E-state index in [-0.39, 0.29) is 32.0 Å². The molecule has 0 aromatic rings. The lowest BCUT2D eigenvalue weighted by Gasteiger charge is -2.28. The van der Waals surface area contributed by atoms with Crippen LogP contribution in [0.2, 0.25) is 0 Å². The van der Waals surface area contributed by atoms with E-state index in [1.165, 1.54) is 225 Å². The van der Waals surface area contributed by atoms with Crippen LogP contribution in [0.3, 0.4) is 0 Å². The molecule has 0 aromatic heterocycles. The average molecular weight is 1250 g/mol. The summed E-state index contributed by atoms with van der Waals surface area (Å²) in [5.41, 5.74) is 0. The van der Waals surface area contributed by atoms with Gasteiger partial charge in [-0.2, -0.15) is 0 Å². The first-order chi connectivity index (χ1) is 43.0. The number of carbonyl (C=O) groups excluding carboxylic acids is 2. The lowest BCUT2D eigenvalue weighted by Crippen LogP contribution is -2.37. The fourth-order valence-electron chi connectivity index (χ4n) is 10.8. The van der Waals surface area contributed by atoms with Gasteiger partial charge in [-0.05, 0) is 70.6 Å². The van der Waals surface area contributed by atoms with Crippen LogP contribution in [0.5, 0.6) is 0 Å². The van der Waals surface area contributed by atoms with Gasteiger partial charge in [0.05, 0.1) is 27.7 Å². The van der Waals surface area contributed by atoms with Gasteiger partial charge < -0.3 is 27.9 Å². The van der Waals surface area contributed by atoms with E-state index in [1.807, 2.05) is 21.1 Å². The van der Waals surface area contributed by atoms with Gasteiger partial charge in [0.2, 0.25) is 0 Å². The summed E-state index contributed by atoms with van der Waals surface area (Å²) >= 11 is 0. The van der Waals surface area contributed by atoms with Gasteiger partial charge in [-0.15, -0.1) is 0 Å². The molecule has 0 amide bonds. The SMILES string of the molecule is CC/C=C\C/C=C\C/C=C\C/C=C\C/C=C\C/C=C\C/C=C\CCCCCCCCCCCC(=O)OC(COC(=O)CCCCCCCCCCCCCCCCCCCCCCCCCCCCCCCCCCC)COP(=O)([O-])OCC[N+](C)(C)C. The molecule has 512 valence electrons. The molecule has 0 spiro atoms. The highest BCUT2D eigenvalue weighted by Gasteiger charge is 2.22. The molecule has 2 unspecified atom stereocenters. The van der Waals surface area contributed by atoms with E-state index < -0.39 is 26.5 Å². The van der Waals surface area contributed by atoms with Gasteiger partial charge in [0.15, 0.2) is 6.10 Å². The number of nitrogens with zero attached hydrogens (tertiary/aromatic N) is 1. The van der Waals surface area contributed by atoms with Gasteiger partial charge in [-0.3, -0.25) is 14.2 Å². The maximum Gasteiger partial charge on any atom is 0.306 e. The van der Waals surface area contributed by atoms with Crippen molar-refractivity contribution in [2.45, 2.75) is 354 Å². The average Bonchev–Trinajstić information content (AvgIpc) is 3.68. The molecule has 0 heterocycles. The number of esters is 2. The second kappa shape index (κ2) is 68.6. The summed E-state index contributed by atoms with van der Waals surface area (Å²) in [6, 6.07) is 0. The molecule has 0 rings (SSSR count). The summed E-state index contributed by atoms with van der Waals surface area (Å²) in [6.07, 6.45) is 94.0. The van der Waals surface area contributed by atoms with Crippen molar-refractivity contribution in [3.63, 3.8) is 0 Å². The highest BCUT2D eigenvalue weighted by atomic mass is 31.2. The first-order valence-electron chi connectivity index (χ1n) is 37.3. The molecule has 9 nitrogen and oxygen atoms in total. The number of ether oxygens (including phenoxy) is 2. The van der Waals surface area contributed by atoms with Crippen molar-refractivity contribution in [2.24, 2.45) is 0 Å². The van der Waals surface area contributed by atoms with E-state index in [0.29, 0.717) is 17.4 Å². The number of unbranched alkanes of at least 4 members (excludes halogenated alkanes) is 41. The Kier molecular flexibility index (Phi) is 66.4. The van der Waals surface area contributed by atoms with E-state index in [2.05, 4.69) is 98.9 Å². The van der Waals surface area contributed by atoms with Crippen molar-refractivity contribution < 1.29 is 42.1 Å². The van der Waals surface area contributed by atoms with Crippen LogP contribution < -0.4 is 4.89 Å². The van der Waals surface area contributed by atoms with Crippen molar-refractivity contribution in [3.8, 4) is 0 Å². The third-order valence-electron chi connectivity index (χ3n) is 16.4. The topological polar surface area (TPSA) is 111 Å². The fraction of sp³-hybridized carbons (Fsp3) is 0.795. The molecular weight excluding hydrogens is 1110 g/mol. The molecule has 10 heteroatoms. The minimum Gasteiger partial charge on any atom is -0.756 e. The Bertz CT molecular complexity index is 1760. The van der Waals surface area contributed by atoms with Crippen LogP contribution in [-0.2, 0) is 32.7 Å². The van der Waals surface area contributed by atoms with Crippen LogP contribution in [0.15, 0.2) is 85.1 Å². The number of rotatable bonds is 69. The standard InChI is InChI=1S/C78H142NO8P/c1-6-8-10-12-14-16-18-20-22-24-26-28-30-32-34-36-38-39-41-42-44-46-48-50-52-54-56-58-60-62-64-66-68-70-77(80)84-74-76(75-86-88(82,83)85-73-72-79(3,4)5)87-78(81)71-69-67-65-63-61-59-57-55-53-51-49-47-45-43-40-37-35-33-31-29-27-25-23-21-19-17-15-13-11-9-7-2/h9,11,15,17,21,23,27,29,33,35,40,43,47,49,76H,6-8,10,12-14,16,18-20,22,24-26,28,30-32,34,36-39,41-42,44-46,48,50-75H2,1-5H3/b11-9-,17-15-,23-21-,29-27-,35-33-,43-40-,49-47-. The molecule has 0 fully saturated rings. The largest absolute Gasteiger partial charge is 0.756 e. The molecule has 0 bridgehead atoms. The van der Waals surface area contributed by atoms with Gasteiger partial charge in [-0.1, -0.05) is 349 Å². The lowest BCUT2D eigenvalue weighted by atomic mass is 10.0. The van der Waals surface area contributed by atoms with E-state index in [1.54, 1.807) is 0 Å². The van der Waals surface area contributed by atoms with Gasteiger partial charge >= 0.3 is 11.9 Å². The normalized spacial score (nSPS) is 13.6. The third-order valence-corrected chi connectivity index (χ3v) is 17.4. The number of hydrogen-bond donors (Lipinski definition) is 0. The Morgan fingerprint density at radius 1 is 0.364 bits per heavy atom.